The lowest BCUT2D eigenvalue weighted by Gasteiger charge is -2.29. The van der Waals surface area contributed by atoms with Crippen molar-refractivity contribution in [2.45, 2.75) is 50.2 Å². The lowest BCUT2D eigenvalue weighted by molar-refractivity contribution is 0.294. The number of aromatic nitrogens is 2. The molecule has 0 aromatic carbocycles. The molecule has 0 saturated heterocycles. The third-order valence-electron chi connectivity index (χ3n) is 3.84. The molecule has 0 spiro atoms. The molecule has 19 heavy (non-hydrogen) atoms. The Labute approximate surface area is 118 Å². The van der Waals surface area contributed by atoms with Crippen molar-refractivity contribution in [1.82, 2.24) is 15.3 Å². The van der Waals surface area contributed by atoms with Crippen LogP contribution in [-0.4, -0.2) is 28.8 Å². The van der Waals surface area contributed by atoms with Gasteiger partial charge < -0.3 is 10.3 Å². The van der Waals surface area contributed by atoms with E-state index in [2.05, 4.69) is 15.3 Å². The van der Waals surface area contributed by atoms with E-state index in [0.717, 1.165) is 22.5 Å². The molecule has 0 amide bonds. The second-order valence-corrected chi connectivity index (χ2v) is 6.30. The van der Waals surface area contributed by atoms with Gasteiger partial charge in [0.25, 0.3) is 5.56 Å². The summed E-state index contributed by atoms with van der Waals surface area (Å²) in [4.78, 5) is 18.6. The molecule has 1 aliphatic rings. The van der Waals surface area contributed by atoms with Crippen molar-refractivity contribution >= 4 is 11.8 Å². The van der Waals surface area contributed by atoms with E-state index >= 15 is 0 Å². The Morgan fingerprint density at radius 2 is 2.21 bits per heavy atom. The molecule has 1 atom stereocenters. The van der Waals surface area contributed by atoms with Crippen molar-refractivity contribution in [3.8, 4) is 0 Å². The van der Waals surface area contributed by atoms with Crippen molar-refractivity contribution in [1.29, 1.82) is 0 Å². The molecule has 1 aromatic heterocycles. The first-order valence-corrected chi connectivity index (χ1v) is 8.05. The minimum absolute atomic E-state index is 0.0614. The summed E-state index contributed by atoms with van der Waals surface area (Å²) in [5.74, 6) is 1.73. The van der Waals surface area contributed by atoms with Gasteiger partial charge in [0.2, 0.25) is 0 Å². The van der Waals surface area contributed by atoms with E-state index in [9.17, 15) is 4.79 Å². The first-order valence-electron chi connectivity index (χ1n) is 7.07. The van der Waals surface area contributed by atoms with Crippen molar-refractivity contribution in [3.05, 3.63) is 22.1 Å². The Bertz CT molecular complexity index is 454. The fourth-order valence-corrected chi connectivity index (χ4v) is 3.94. The van der Waals surface area contributed by atoms with Crippen molar-refractivity contribution < 1.29 is 0 Å². The van der Waals surface area contributed by atoms with Crippen LogP contribution in [0.15, 0.2) is 16.0 Å². The van der Waals surface area contributed by atoms with Gasteiger partial charge in [-0.25, -0.2) is 4.98 Å². The zero-order valence-electron chi connectivity index (χ0n) is 11.7. The first-order chi connectivity index (χ1) is 9.19. The van der Waals surface area contributed by atoms with Crippen LogP contribution < -0.4 is 10.9 Å². The van der Waals surface area contributed by atoms with Crippen LogP contribution in [0.1, 0.15) is 37.8 Å². The van der Waals surface area contributed by atoms with E-state index in [1.54, 1.807) is 11.8 Å². The van der Waals surface area contributed by atoms with E-state index in [1.807, 2.05) is 14.0 Å². The number of rotatable bonds is 5. The molecule has 1 fully saturated rings. The summed E-state index contributed by atoms with van der Waals surface area (Å²) in [5.41, 5.74) is 0.721. The van der Waals surface area contributed by atoms with Gasteiger partial charge >= 0.3 is 0 Å². The average molecular weight is 281 g/mol. The molecule has 0 aliphatic heterocycles. The monoisotopic (exact) mass is 281 g/mol. The van der Waals surface area contributed by atoms with E-state index in [-0.39, 0.29) is 5.56 Å². The minimum Gasteiger partial charge on any atom is -0.316 e. The van der Waals surface area contributed by atoms with E-state index in [1.165, 1.54) is 38.2 Å². The molecule has 2 N–H and O–H groups in total. The van der Waals surface area contributed by atoms with Gasteiger partial charge in [-0.2, -0.15) is 0 Å². The van der Waals surface area contributed by atoms with Gasteiger partial charge in [0.1, 0.15) is 0 Å². The van der Waals surface area contributed by atoms with Crippen molar-refractivity contribution in [3.63, 3.8) is 0 Å². The van der Waals surface area contributed by atoms with Crippen molar-refractivity contribution in [2.24, 2.45) is 5.92 Å². The highest BCUT2D eigenvalue weighted by molar-refractivity contribution is 7.99. The molecule has 1 aliphatic carbocycles. The Kier molecular flexibility index (Phi) is 5.45. The predicted octanol–water partition coefficient (Wildman–Crippen LogP) is 2.34. The summed E-state index contributed by atoms with van der Waals surface area (Å²) in [5, 5.41) is 4.17. The molecule has 1 aromatic rings. The van der Waals surface area contributed by atoms with Crippen LogP contribution in [0.2, 0.25) is 0 Å². The molecule has 1 saturated carbocycles. The molecule has 5 heteroatoms. The SMILES string of the molecule is CNC(CSc1nc(C)cc(=O)[nH]1)C1CCCCC1. The van der Waals surface area contributed by atoms with Gasteiger partial charge in [-0.1, -0.05) is 31.0 Å². The van der Waals surface area contributed by atoms with Gasteiger partial charge in [-0.3, -0.25) is 4.79 Å². The average Bonchev–Trinajstić information content (AvgIpc) is 2.39. The number of hydrogen-bond donors (Lipinski definition) is 2. The van der Waals surface area contributed by atoms with E-state index < -0.39 is 0 Å². The second-order valence-electron chi connectivity index (χ2n) is 5.30. The van der Waals surface area contributed by atoms with Crippen LogP contribution >= 0.6 is 11.8 Å². The van der Waals surface area contributed by atoms with E-state index in [0.29, 0.717) is 6.04 Å². The van der Waals surface area contributed by atoms with Gasteiger partial charge in [0.05, 0.1) is 0 Å². The van der Waals surface area contributed by atoms with Gasteiger partial charge in [-0.05, 0) is 32.7 Å². The third-order valence-corrected chi connectivity index (χ3v) is 4.83. The summed E-state index contributed by atoms with van der Waals surface area (Å²) in [6.45, 7) is 1.86. The Hall–Kier alpha value is -0.810. The molecular formula is C14H23N3OS. The maximum Gasteiger partial charge on any atom is 0.251 e. The zero-order valence-corrected chi connectivity index (χ0v) is 12.6. The van der Waals surface area contributed by atoms with Crippen LogP contribution in [0.3, 0.4) is 0 Å². The Morgan fingerprint density at radius 3 is 2.84 bits per heavy atom. The number of H-pyrrole nitrogens is 1. The third kappa shape index (κ3) is 4.35. The fourth-order valence-electron chi connectivity index (χ4n) is 2.78. The molecule has 1 heterocycles. The number of thioether (sulfide) groups is 1. The van der Waals surface area contributed by atoms with Crippen LogP contribution in [0, 0.1) is 12.8 Å². The van der Waals surface area contributed by atoms with Crippen LogP contribution in [-0.2, 0) is 0 Å². The summed E-state index contributed by atoms with van der Waals surface area (Å²) in [7, 11) is 2.03. The highest BCUT2D eigenvalue weighted by atomic mass is 32.2. The number of nitrogens with one attached hydrogen (secondary N) is 2. The summed E-state index contributed by atoms with van der Waals surface area (Å²) in [6, 6.07) is 2.04. The smallest absolute Gasteiger partial charge is 0.251 e. The lowest BCUT2D eigenvalue weighted by Crippen LogP contribution is -2.37. The molecule has 0 bridgehead atoms. The molecule has 2 rings (SSSR count). The molecule has 1 unspecified atom stereocenters. The van der Waals surface area contributed by atoms with Gasteiger partial charge in [-0.15, -0.1) is 0 Å². The van der Waals surface area contributed by atoms with Crippen LogP contribution in [0.5, 0.6) is 0 Å². The zero-order chi connectivity index (χ0) is 13.7. The second kappa shape index (κ2) is 7.10. The van der Waals surface area contributed by atoms with Gasteiger partial charge in [0.15, 0.2) is 5.16 Å². The number of hydrogen-bond acceptors (Lipinski definition) is 4. The quantitative estimate of drug-likeness (QED) is 0.642. The van der Waals surface area contributed by atoms with Crippen molar-refractivity contribution in [2.75, 3.05) is 12.8 Å². The fraction of sp³-hybridized carbons (Fsp3) is 0.714. The van der Waals surface area contributed by atoms with E-state index in [4.69, 9.17) is 0 Å². The summed E-state index contributed by atoms with van der Waals surface area (Å²) >= 11 is 1.65. The number of aryl methyl sites for hydroxylation is 1. The Morgan fingerprint density at radius 1 is 1.47 bits per heavy atom. The molecule has 0 radical (unpaired) electrons. The first kappa shape index (κ1) is 14.6. The minimum atomic E-state index is -0.0614. The van der Waals surface area contributed by atoms with Crippen LogP contribution in [0.4, 0.5) is 0 Å². The predicted molar refractivity (Wildman–Crippen MR) is 79.7 cm³/mol. The largest absolute Gasteiger partial charge is 0.316 e. The highest BCUT2D eigenvalue weighted by Crippen LogP contribution is 2.28. The van der Waals surface area contributed by atoms with Gasteiger partial charge in [0, 0.05) is 23.6 Å². The summed E-state index contributed by atoms with van der Waals surface area (Å²) < 4.78 is 0. The Balaban J connectivity index is 1.93. The molecule has 4 nitrogen and oxygen atoms in total. The standard InChI is InChI=1S/C14H23N3OS/c1-10-8-13(18)17-14(16-10)19-9-12(15-2)11-6-4-3-5-7-11/h8,11-12,15H,3-7,9H2,1-2H3,(H,16,17,18). The molecular weight excluding hydrogens is 258 g/mol. The lowest BCUT2D eigenvalue weighted by atomic mass is 9.84. The molecule has 106 valence electrons. The number of nitrogens with zero attached hydrogens (tertiary/aromatic N) is 1. The normalized spacial score (nSPS) is 18.4. The maximum atomic E-state index is 11.4. The number of aromatic amines is 1. The highest BCUT2D eigenvalue weighted by Gasteiger charge is 2.22. The topological polar surface area (TPSA) is 57.8 Å². The van der Waals surface area contributed by atoms with Crippen LogP contribution in [0.25, 0.3) is 0 Å². The summed E-state index contributed by atoms with van der Waals surface area (Å²) in [6.07, 6.45) is 6.74. The maximum absolute atomic E-state index is 11.4.